The van der Waals surface area contributed by atoms with E-state index in [0.717, 1.165) is 19.6 Å². The molecule has 93 valence electrons. The lowest BCUT2D eigenvalue weighted by atomic mass is 10.0. The van der Waals surface area contributed by atoms with E-state index < -0.39 is 0 Å². The molecule has 1 aliphatic heterocycles. The molecule has 0 unspecified atom stereocenters. The molecule has 17 heavy (non-hydrogen) atoms. The molecule has 1 radical (unpaired) electrons. The maximum atomic E-state index is 4.45. The van der Waals surface area contributed by atoms with Gasteiger partial charge in [-0.05, 0) is 32.3 Å². The first-order valence-electron chi connectivity index (χ1n) is 6.70. The lowest BCUT2D eigenvalue weighted by Crippen LogP contribution is -2.44. The monoisotopic (exact) mass is 231 g/mol. The van der Waals surface area contributed by atoms with E-state index in [4.69, 9.17) is 0 Å². The van der Waals surface area contributed by atoms with Crippen molar-refractivity contribution in [1.82, 2.24) is 10.2 Å². The first-order valence-corrected chi connectivity index (χ1v) is 6.70. The van der Waals surface area contributed by atoms with Crippen LogP contribution in [-0.2, 0) is 6.54 Å². The highest BCUT2D eigenvalue weighted by Crippen LogP contribution is 2.18. The van der Waals surface area contributed by atoms with Crippen molar-refractivity contribution < 1.29 is 0 Å². The molecule has 0 aromatic heterocycles. The highest BCUT2D eigenvalue weighted by molar-refractivity contribution is 5.14. The number of hydrogen-bond donors (Lipinski definition) is 0. The van der Waals surface area contributed by atoms with Crippen molar-refractivity contribution in [2.45, 2.75) is 45.3 Å². The van der Waals surface area contributed by atoms with Crippen LogP contribution in [0, 0.1) is 0 Å². The van der Waals surface area contributed by atoms with Crippen molar-refractivity contribution in [3.05, 3.63) is 35.9 Å². The minimum Gasteiger partial charge on any atom is -0.294 e. The van der Waals surface area contributed by atoms with E-state index in [1.807, 2.05) is 0 Å². The minimum absolute atomic E-state index is 0.610. The van der Waals surface area contributed by atoms with Crippen molar-refractivity contribution in [1.29, 1.82) is 0 Å². The lowest BCUT2D eigenvalue weighted by Gasteiger charge is -2.37. The Hall–Kier alpha value is -0.860. The summed E-state index contributed by atoms with van der Waals surface area (Å²) in [5.41, 5.74) is 1.42. The third-order valence-corrected chi connectivity index (χ3v) is 3.58. The summed E-state index contributed by atoms with van der Waals surface area (Å²) in [5.74, 6) is 0. The van der Waals surface area contributed by atoms with Crippen LogP contribution in [0.4, 0.5) is 0 Å². The molecule has 0 bridgehead atoms. The summed E-state index contributed by atoms with van der Waals surface area (Å²) in [7, 11) is 0. The smallest absolute Gasteiger partial charge is 0.0239 e. The van der Waals surface area contributed by atoms with E-state index in [9.17, 15) is 0 Å². The van der Waals surface area contributed by atoms with Crippen LogP contribution in [0.15, 0.2) is 30.3 Å². The van der Waals surface area contributed by atoms with Crippen molar-refractivity contribution in [3.8, 4) is 0 Å². The molecule has 1 aromatic rings. The van der Waals surface area contributed by atoms with E-state index in [2.05, 4.69) is 54.4 Å². The van der Waals surface area contributed by atoms with Crippen LogP contribution in [0.3, 0.4) is 0 Å². The Labute approximate surface area is 105 Å². The van der Waals surface area contributed by atoms with Gasteiger partial charge in [0.25, 0.3) is 0 Å². The zero-order valence-electron chi connectivity index (χ0n) is 11.0. The third-order valence-electron chi connectivity index (χ3n) is 3.58. The van der Waals surface area contributed by atoms with Crippen LogP contribution in [0.25, 0.3) is 0 Å². The molecule has 0 aliphatic carbocycles. The molecule has 1 aliphatic rings. The Morgan fingerprint density at radius 3 is 2.41 bits per heavy atom. The molecule has 0 spiro atoms. The van der Waals surface area contributed by atoms with E-state index in [-0.39, 0.29) is 0 Å². The zero-order valence-corrected chi connectivity index (χ0v) is 11.0. The first-order chi connectivity index (χ1) is 8.27. The first kappa shape index (κ1) is 12.6. The lowest BCUT2D eigenvalue weighted by molar-refractivity contribution is 0.116. The third kappa shape index (κ3) is 3.55. The fourth-order valence-corrected chi connectivity index (χ4v) is 2.60. The van der Waals surface area contributed by atoms with Gasteiger partial charge in [0, 0.05) is 31.7 Å². The average molecular weight is 231 g/mol. The maximum absolute atomic E-state index is 4.45. The van der Waals surface area contributed by atoms with E-state index in [0.29, 0.717) is 12.1 Å². The second kappa shape index (κ2) is 6.18. The second-order valence-corrected chi connectivity index (χ2v) is 5.15. The Bertz CT molecular complexity index is 315. The number of nitrogens with zero attached hydrogens (tertiary/aromatic N) is 2. The Balaban J connectivity index is 2.01. The Morgan fingerprint density at radius 1 is 1.18 bits per heavy atom. The zero-order chi connectivity index (χ0) is 12.1. The average Bonchev–Trinajstić information content (AvgIpc) is 2.38. The van der Waals surface area contributed by atoms with Gasteiger partial charge in [-0.1, -0.05) is 30.3 Å². The summed E-state index contributed by atoms with van der Waals surface area (Å²) in [6, 6.07) is 12.1. The van der Waals surface area contributed by atoms with Gasteiger partial charge in [-0.2, -0.15) is 0 Å². The summed E-state index contributed by atoms with van der Waals surface area (Å²) in [6.45, 7) is 7.76. The van der Waals surface area contributed by atoms with Gasteiger partial charge in [-0.3, -0.25) is 4.90 Å². The number of piperidine rings is 1. The number of rotatable bonds is 4. The summed E-state index contributed by atoms with van der Waals surface area (Å²) in [4.78, 5) is 2.63. The molecule has 2 nitrogen and oxygen atoms in total. The largest absolute Gasteiger partial charge is 0.294 e. The SMILES string of the molecule is CC(C)N(Cc1ccccc1)C1CC[N]CC1. The quantitative estimate of drug-likeness (QED) is 0.779. The van der Waals surface area contributed by atoms with E-state index >= 15 is 0 Å². The molecular formula is C15H23N2. The fourth-order valence-electron chi connectivity index (χ4n) is 2.60. The van der Waals surface area contributed by atoms with Gasteiger partial charge in [0.15, 0.2) is 0 Å². The van der Waals surface area contributed by atoms with Gasteiger partial charge >= 0.3 is 0 Å². The van der Waals surface area contributed by atoms with Crippen molar-refractivity contribution in [3.63, 3.8) is 0 Å². The van der Waals surface area contributed by atoms with Crippen LogP contribution in [0.5, 0.6) is 0 Å². The van der Waals surface area contributed by atoms with Crippen LogP contribution < -0.4 is 5.32 Å². The van der Waals surface area contributed by atoms with Crippen LogP contribution in [0.2, 0.25) is 0 Å². The molecule has 1 aromatic carbocycles. The summed E-state index contributed by atoms with van der Waals surface area (Å²) in [5, 5.41) is 4.45. The van der Waals surface area contributed by atoms with Gasteiger partial charge in [0.2, 0.25) is 0 Å². The molecule has 1 fully saturated rings. The van der Waals surface area contributed by atoms with E-state index in [1.165, 1.54) is 18.4 Å². The number of hydrogen-bond acceptors (Lipinski definition) is 1. The molecule has 2 heteroatoms. The summed E-state index contributed by atoms with van der Waals surface area (Å²) < 4.78 is 0. The molecule has 0 N–H and O–H groups in total. The standard InChI is InChI=1S/C15H23N2/c1-13(2)17(15-8-10-16-11-9-15)12-14-6-4-3-5-7-14/h3-7,13,15H,8-12H2,1-2H3. The Kier molecular flexibility index (Phi) is 4.57. The van der Waals surface area contributed by atoms with Gasteiger partial charge in [-0.25, -0.2) is 5.32 Å². The predicted molar refractivity (Wildman–Crippen MR) is 72.0 cm³/mol. The molecule has 0 atom stereocenters. The predicted octanol–water partition coefficient (Wildman–Crippen LogP) is 2.66. The molecule has 0 saturated carbocycles. The van der Waals surface area contributed by atoms with Crippen molar-refractivity contribution >= 4 is 0 Å². The second-order valence-electron chi connectivity index (χ2n) is 5.15. The van der Waals surface area contributed by atoms with E-state index in [1.54, 1.807) is 0 Å². The van der Waals surface area contributed by atoms with Crippen molar-refractivity contribution in [2.24, 2.45) is 0 Å². The fraction of sp³-hybridized carbons (Fsp3) is 0.600. The molecule has 1 heterocycles. The summed E-state index contributed by atoms with van der Waals surface area (Å²) >= 11 is 0. The molecular weight excluding hydrogens is 208 g/mol. The van der Waals surface area contributed by atoms with Gasteiger partial charge in [0.1, 0.15) is 0 Å². The van der Waals surface area contributed by atoms with Gasteiger partial charge in [-0.15, -0.1) is 0 Å². The van der Waals surface area contributed by atoms with Crippen molar-refractivity contribution in [2.75, 3.05) is 13.1 Å². The Morgan fingerprint density at radius 2 is 1.82 bits per heavy atom. The highest BCUT2D eigenvalue weighted by atomic mass is 15.2. The van der Waals surface area contributed by atoms with Gasteiger partial charge in [0.05, 0.1) is 0 Å². The molecule has 1 saturated heterocycles. The topological polar surface area (TPSA) is 17.3 Å². The minimum atomic E-state index is 0.610. The van der Waals surface area contributed by atoms with Crippen LogP contribution >= 0.6 is 0 Å². The van der Waals surface area contributed by atoms with Crippen LogP contribution in [-0.4, -0.2) is 30.1 Å². The molecule has 0 amide bonds. The summed E-state index contributed by atoms with van der Waals surface area (Å²) in [6.07, 6.45) is 2.45. The van der Waals surface area contributed by atoms with Crippen LogP contribution in [0.1, 0.15) is 32.3 Å². The normalized spacial score (nSPS) is 17.9. The number of benzene rings is 1. The molecule has 2 rings (SSSR count). The highest BCUT2D eigenvalue weighted by Gasteiger charge is 2.23. The maximum Gasteiger partial charge on any atom is 0.0239 e. The van der Waals surface area contributed by atoms with Gasteiger partial charge < -0.3 is 0 Å².